The summed E-state index contributed by atoms with van der Waals surface area (Å²) in [5, 5.41) is 0. The van der Waals surface area contributed by atoms with Crippen molar-refractivity contribution in [2.75, 3.05) is 6.61 Å². The van der Waals surface area contributed by atoms with Gasteiger partial charge < -0.3 is 4.74 Å². The lowest BCUT2D eigenvalue weighted by atomic mass is 9.48. The third-order valence-corrected chi connectivity index (χ3v) is 9.43. The molecule has 0 aromatic rings. The fourth-order valence-corrected chi connectivity index (χ4v) is 8.67. The summed E-state index contributed by atoms with van der Waals surface area (Å²) in [5.41, 5.74) is 2.00. The van der Waals surface area contributed by atoms with Crippen LogP contribution < -0.4 is 0 Å². The predicted molar refractivity (Wildman–Crippen MR) is 96.9 cm³/mol. The molecule has 2 heteroatoms. The second-order valence-corrected chi connectivity index (χ2v) is 9.78. The van der Waals surface area contributed by atoms with Crippen LogP contribution in [0.3, 0.4) is 0 Å². The molecule has 134 valence electrons. The number of allylic oxidation sites excluding steroid dienone is 1. The van der Waals surface area contributed by atoms with Crippen LogP contribution in [0.4, 0.5) is 0 Å². The summed E-state index contributed by atoms with van der Waals surface area (Å²) in [7, 11) is 0. The van der Waals surface area contributed by atoms with Crippen molar-refractivity contribution in [3.8, 4) is 0 Å². The first-order valence-corrected chi connectivity index (χ1v) is 10.7. The van der Waals surface area contributed by atoms with Crippen molar-refractivity contribution in [1.82, 2.24) is 0 Å². The number of hydrogen-bond acceptors (Lipinski definition) is 2. The molecule has 0 saturated heterocycles. The molecule has 0 aromatic carbocycles. The van der Waals surface area contributed by atoms with Crippen LogP contribution in [-0.4, -0.2) is 18.0 Å². The Balaban J connectivity index is 1.40. The van der Waals surface area contributed by atoms with Gasteiger partial charge in [-0.15, -0.1) is 0 Å². The van der Waals surface area contributed by atoms with E-state index < -0.39 is 0 Å². The van der Waals surface area contributed by atoms with Crippen molar-refractivity contribution in [1.29, 1.82) is 0 Å². The standard InChI is InChI=1S/C23H30O2/c1-2-22-10-8-17-16-7-5-15(24)12-14(16)4-6-18(17)21(22)19-13-20(19)23(22)9-3-11-25-23/h3,9,12,16-21H,2,4-8,10-11,13H2,1H3/t16-,17?,18?,19-,20+,21?,22-,23-/m0/s1. The third-order valence-electron chi connectivity index (χ3n) is 9.43. The lowest BCUT2D eigenvalue weighted by molar-refractivity contribution is -0.143. The van der Waals surface area contributed by atoms with E-state index in [1.807, 2.05) is 6.08 Å². The average molecular weight is 338 g/mol. The molecule has 25 heavy (non-hydrogen) atoms. The molecule has 0 N–H and O–H groups in total. The van der Waals surface area contributed by atoms with Gasteiger partial charge in [-0.05, 0) is 86.5 Å². The van der Waals surface area contributed by atoms with Gasteiger partial charge >= 0.3 is 0 Å². The minimum Gasteiger partial charge on any atom is -0.366 e. The highest BCUT2D eigenvalue weighted by Gasteiger charge is 2.77. The Kier molecular flexibility index (Phi) is 2.97. The van der Waals surface area contributed by atoms with Crippen LogP contribution in [0.5, 0.6) is 0 Å². The van der Waals surface area contributed by atoms with Gasteiger partial charge in [0.15, 0.2) is 5.78 Å². The zero-order valence-electron chi connectivity index (χ0n) is 15.4. The van der Waals surface area contributed by atoms with Crippen molar-refractivity contribution < 1.29 is 9.53 Å². The van der Waals surface area contributed by atoms with Gasteiger partial charge in [0.05, 0.1) is 12.2 Å². The van der Waals surface area contributed by atoms with Gasteiger partial charge in [-0.3, -0.25) is 4.79 Å². The summed E-state index contributed by atoms with van der Waals surface area (Å²) in [4.78, 5) is 11.9. The molecule has 5 aliphatic carbocycles. The molecule has 6 rings (SSSR count). The fraction of sp³-hybridized carbons (Fsp3) is 0.783. The second kappa shape index (κ2) is 4.88. The van der Waals surface area contributed by atoms with E-state index in [0.29, 0.717) is 11.2 Å². The molecular formula is C23H30O2. The second-order valence-electron chi connectivity index (χ2n) is 9.78. The van der Waals surface area contributed by atoms with E-state index in [4.69, 9.17) is 4.74 Å². The van der Waals surface area contributed by atoms with E-state index in [1.54, 1.807) is 0 Å². The number of ether oxygens (including phenoxy) is 1. The summed E-state index contributed by atoms with van der Waals surface area (Å²) >= 11 is 0. The fourth-order valence-electron chi connectivity index (χ4n) is 8.67. The first-order chi connectivity index (χ1) is 12.2. The highest BCUT2D eigenvalue weighted by atomic mass is 16.5. The zero-order valence-corrected chi connectivity index (χ0v) is 15.4. The van der Waals surface area contributed by atoms with Gasteiger partial charge in [0.1, 0.15) is 0 Å². The molecule has 1 heterocycles. The summed E-state index contributed by atoms with van der Waals surface area (Å²) in [6, 6.07) is 0. The van der Waals surface area contributed by atoms with Crippen molar-refractivity contribution in [3.05, 3.63) is 23.8 Å². The van der Waals surface area contributed by atoms with E-state index in [1.165, 1.54) is 44.1 Å². The topological polar surface area (TPSA) is 26.3 Å². The van der Waals surface area contributed by atoms with Gasteiger partial charge in [0.25, 0.3) is 0 Å². The largest absolute Gasteiger partial charge is 0.366 e. The monoisotopic (exact) mass is 338 g/mol. The van der Waals surface area contributed by atoms with Gasteiger partial charge in [0.2, 0.25) is 0 Å². The molecule has 3 unspecified atom stereocenters. The van der Waals surface area contributed by atoms with Crippen molar-refractivity contribution in [2.24, 2.45) is 40.9 Å². The van der Waals surface area contributed by atoms with Crippen LogP contribution in [0, 0.1) is 40.9 Å². The normalized spacial score (nSPS) is 55.4. The Labute approximate surface area is 151 Å². The Morgan fingerprint density at radius 2 is 2.08 bits per heavy atom. The minimum atomic E-state index is 0.0840. The predicted octanol–water partition coefficient (Wildman–Crippen LogP) is 4.70. The summed E-state index contributed by atoms with van der Waals surface area (Å²) in [6.45, 7) is 3.27. The third kappa shape index (κ3) is 1.69. The zero-order chi connectivity index (χ0) is 16.8. The summed E-state index contributed by atoms with van der Waals surface area (Å²) < 4.78 is 6.55. The van der Waals surface area contributed by atoms with Gasteiger partial charge in [-0.1, -0.05) is 24.6 Å². The van der Waals surface area contributed by atoms with Crippen LogP contribution in [0.1, 0.15) is 58.3 Å². The lowest BCUT2D eigenvalue weighted by Crippen LogP contribution is -2.56. The Hall–Kier alpha value is -0.890. The van der Waals surface area contributed by atoms with Gasteiger partial charge in [-0.25, -0.2) is 0 Å². The summed E-state index contributed by atoms with van der Waals surface area (Å²) in [6.07, 6.45) is 16.7. The number of rotatable bonds is 1. The van der Waals surface area contributed by atoms with E-state index in [2.05, 4.69) is 19.1 Å². The molecule has 0 aromatic heterocycles. The molecule has 2 nitrogen and oxygen atoms in total. The van der Waals surface area contributed by atoms with Crippen LogP contribution >= 0.6 is 0 Å². The molecule has 0 radical (unpaired) electrons. The van der Waals surface area contributed by atoms with Crippen LogP contribution in [0.15, 0.2) is 23.8 Å². The number of fused-ring (bicyclic) bond motifs is 9. The first-order valence-electron chi connectivity index (χ1n) is 10.7. The average Bonchev–Trinajstić information content (AvgIpc) is 3.20. The van der Waals surface area contributed by atoms with E-state index in [9.17, 15) is 4.79 Å². The van der Waals surface area contributed by atoms with Crippen LogP contribution in [-0.2, 0) is 9.53 Å². The molecule has 8 atom stereocenters. The molecule has 4 saturated carbocycles. The Bertz CT molecular complexity index is 690. The number of hydrogen-bond donors (Lipinski definition) is 0. The highest BCUT2D eigenvalue weighted by Crippen LogP contribution is 2.78. The maximum absolute atomic E-state index is 11.9. The quantitative estimate of drug-likeness (QED) is 0.648. The minimum absolute atomic E-state index is 0.0840. The SMILES string of the molecule is CC[C@]12CCC3C(CCC4=CC(=O)CC[C@@H]43)C1[C@H]1C[C@H]1[C@@]21C=CCO1. The molecule has 0 amide bonds. The van der Waals surface area contributed by atoms with Crippen molar-refractivity contribution in [3.63, 3.8) is 0 Å². The Morgan fingerprint density at radius 1 is 1.16 bits per heavy atom. The maximum Gasteiger partial charge on any atom is 0.155 e. The highest BCUT2D eigenvalue weighted by molar-refractivity contribution is 5.91. The van der Waals surface area contributed by atoms with Crippen LogP contribution in [0.2, 0.25) is 0 Å². The smallest absolute Gasteiger partial charge is 0.155 e. The van der Waals surface area contributed by atoms with Crippen molar-refractivity contribution in [2.45, 2.75) is 63.9 Å². The number of carbonyl (C=O) groups excluding carboxylic acids is 1. The molecular weight excluding hydrogens is 308 g/mol. The molecule has 6 aliphatic rings. The Morgan fingerprint density at radius 3 is 2.88 bits per heavy atom. The maximum atomic E-state index is 11.9. The van der Waals surface area contributed by atoms with E-state index in [0.717, 1.165) is 55.0 Å². The summed E-state index contributed by atoms with van der Waals surface area (Å²) in [5.74, 6) is 5.44. The van der Waals surface area contributed by atoms with E-state index in [-0.39, 0.29) is 5.60 Å². The molecule has 1 spiro atoms. The lowest BCUT2D eigenvalue weighted by Gasteiger charge is -2.58. The molecule has 4 fully saturated rings. The molecule has 0 bridgehead atoms. The first kappa shape index (κ1) is 15.2. The van der Waals surface area contributed by atoms with Gasteiger partial charge in [-0.2, -0.15) is 0 Å². The number of carbonyl (C=O) groups is 1. The van der Waals surface area contributed by atoms with Gasteiger partial charge in [0, 0.05) is 11.8 Å². The number of ketones is 1. The molecule has 1 aliphatic heterocycles. The van der Waals surface area contributed by atoms with Crippen molar-refractivity contribution >= 4 is 5.78 Å². The van der Waals surface area contributed by atoms with Crippen LogP contribution in [0.25, 0.3) is 0 Å². The van der Waals surface area contributed by atoms with E-state index >= 15 is 0 Å².